The Morgan fingerprint density at radius 2 is 2.27 bits per heavy atom. The molecule has 0 radical (unpaired) electrons. The molecule has 0 bridgehead atoms. The molecule has 1 atom stereocenters. The molecule has 3 heterocycles. The number of hydrogen-bond donors (Lipinski definition) is 2. The van der Waals surface area contributed by atoms with Crippen LogP contribution < -0.4 is 0 Å². The van der Waals surface area contributed by atoms with Gasteiger partial charge in [-0.1, -0.05) is 0 Å². The van der Waals surface area contributed by atoms with Gasteiger partial charge in [-0.15, -0.1) is 11.3 Å². The van der Waals surface area contributed by atoms with Gasteiger partial charge in [0.15, 0.2) is 0 Å². The molecule has 6 nitrogen and oxygen atoms in total. The number of carboxylic acid groups (broad SMARTS) is 1. The monoisotopic (exact) mass is 319 g/mol. The second kappa shape index (κ2) is 5.24. The first kappa shape index (κ1) is 14.8. The smallest absolute Gasteiger partial charge is 0.329 e. The minimum Gasteiger partial charge on any atom is -0.480 e. The summed E-state index contributed by atoms with van der Waals surface area (Å²) in [6, 6.07) is 1.73. The molecule has 7 heteroatoms. The fourth-order valence-electron chi connectivity index (χ4n) is 2.82. The predicted octanol–water partition coefficient (Wildman–Crippen LogP) is 2.53. The van der Waals surface area contributed by atoms with Crippen LogP contribution in [0.3, 0.4) is 0 Å². The summed E-state index contributed by atoms with van der Waals surface area (Å²) in [4.78, 5) is 32.9. The minimum absolute atomic E-state index is 0.277. The molecule has 2 N–H and O–H groups in total. The lowest BCUT2D eigenvalue weighted by atomic mass is 9.99. The zero-order valence-electron chi connectivity index (χ0n) is 12.4. The molecule has 22 heavy (non-hydrogen) atoms. The van der Waals surface area contributed by atoms with E-state index in [0.29, 0.717) is 25.1 Å². The topological polar surface area (TPSA) is 86.3 Å². The number of carboxylic acids is 1. The van der Waals surface area contributed by atoms with Crippen LogP contribution in [0.5, 0.6) is 0 Å². The standard InChI is InChI=1S/C15H17N3O3S/c1-9-17-12(8-22-9)10-6-11(16-7-10)13(19)18-5-3-4-15(18,2)14(20)21/h6-8,16H,3-5H2,1-2H3,(H,20,21). The van der Waals surface area contributed by atoms with Gasteiger partial charge in [0.25, 0.3) is 5.91 Å². The average Bonchev–Trinajstić information content (AvgIpc) is 3.17. The number of nitrogens with one attached hydrogen (secondary N) is 1. The predicted molar refractivity (Wildman–Crippen MR) is 82.9 cm³/mol. The van der Waals surface area contributed by atoms with Gasteiger partial charge in [-0.25, -0.2) is 9.78 Å². The van der Waals surface area contributed by atoms with Crippen LogP contribution in [0.25, 0.3) is 11.3 Å². The van der Waals surface area contributed by atoms with Gasteiger partial charge >= 0.3 is 5.97 Å². The number of aliphatic carboxylic acids is 1. The SMILES string of the molecule is Cc1nc(-c2c[nH]c(C(=O)N3CCCC3(C)C(=O)O)c2)cs1. The van der Waals surface area contributed by atoms with Crippen LogP contribution in [0.15, 0.2) is 17.6 Å². The van der Waals surface area contributed by atoms with Crippen molar-refractivity contribution >= 4 is 23.2 Å². The third kappa shape index (κ3) is 2.31. The number of nitrogens with zero attached hydrogens (tertiary/aromatic N) is 2. The van der Waals surface area contributed by atoms with Gasteiger partial charge in [0.1, 0.15) is 11.2 Å². The summed E-state index contributed by atoms with van der Waals surface area (Å²) in [6.45, 7) is 4.00. The molecule has 2 aromatic heterocycles. The van der Waals surface area contributed by atoms with Crippen molar-refractivity contribution in [2.24, 2.45) is 0 Å². The minimum atomic E-state index is -1.13. The van der Waals surface area contributed by atoms with Gasteiger partial charge < -0.3 is 15.0 Å². The first-order chi connectivity index (χ1) is 10.4. The molecule has 0 saturated carbocycles. The summed E-state index contributed by atoms with van der Waals surface area (Å²) in [7, 11) is 0. The number of carbonyl (C=O) groups is 2. The van der Waals surface area contributed by atoms with Gasteiger partial charge in [-0.05, 0) is 32.8 Å². The molecular weight excluding hydrogens is 302 g/mol. The highest BCUT2D eigenvalue weighted by Gasteiger charge is 2.46. The maximum atomic E-state index is 12.6. The Kier molecular flexibility index (Phi) is 3.52. The van der Waals surface area contributed by atoms with Crippen LogP contribution >= 0.6 is 11.3 Å². The zero-order valence-corrected chi connectivity index (χ0v) is 13.2. The van der Waals surface area contributed by atoms with Gasteiger partial charge in [-0.2, -0.15) is 0 Å². The van der Waals surface area contributed by atoms with Gasteiger partial charge in [-0.3, -0.25) is 4.79 Å². The highest BCUT2D eigenvalue weighted by molar-refractivity contribution is 7.09. The molecule has 1 aliphatic heterocycles. The summed E-state index contributed by atoms with van der Waals surface area (Å²) in [5, 5.41) is 12.3. The van der Waals surface area contributed by atoms with E-state index in [9.17, 15) is 14.7 Å². The van der Waals surface area contributed by atoms with E-state index in [1.54, 1.807) is 30.5 Å². The van der Waals surface area contributed by atoms with Gasteiger partial charge in [0.05, 0.1) is 10.7 Å². The summed E-state index contributed by atoms with van der Waals surface area (Å²) >= 11 is 1.55. The number of hydrogen-bond acceptors (Lipinski definition) is 4. The maximum absolute atomic E-state index is 12.6. The average molecular weight is 319 g/mol. The molecule has 0 aliphatic carbocycles. The molecule has 116 valence electrons. The Balaban J connectivity index is 1.87. The molecule has 3 rings (SSSR count). The second-order valence-electron chi connectivity index (χ2n) is 5.69. The van der Waals surface area contributed by atoms with Crippen LogP contribution in [-0.4, -0.2) is 43.9 Å². The third-order valence-corrected chi connectivity index (χ3v) is 4.95. The first-order valence-electron chi connectivity index (χ1n) is 7.08. The maximum Gasteiger partial charge on any atom is 0.329 e. The Morgan fingerprint density at radius 1 is 1.50 bits per heavy atom. The number of H-pyrrole nitrogens is 1. The normalized spacial score (nSPS) is 21.3. The van der Waals surface area contributed by atoms with Crippen LogP contribution in [0.4, 0.5) is 0 Å². The number of rotatable bonds is 3. The number of aromatic amines is 1. The van der Waals surface area contributed by atoms with Crippen LogP contribution in [0, 0.1) is 6.92 Å². The van der Waals surface area contributed by atoms with Gasteiger partial charge in [0.2, 0.25) is 0 Å². The lowest BCUT2D eigenvalue weighted by Crippen LogP contribution is -2.50. The van der Waals surface area contributed by atoms with E-state index in [0.717, 1.165) is 16.3 Å². The molecular formula is C15H17N3O3S. The Morgan fingerprint density at radius 3 is 2.91 bits per heavy atom. The third-order valence-electron chi connectivity index (χ3n) is 4.18. The Hall–Kier alpha value is -2.15. The highest BCUT2D eigenvalue weighted by Crippen LogP contribution is 2.31. The zero-order chi connectivity index (χ0) is 15.9. The van der Waals surface area contributed by atoms with E-state index >= 15 is 0 Å². The number of aryl methyl sites for hydroxylation is 1. The lowest BCUT2D eigenvalue weighted by molar-refractivity contribution is -0.147. The van der Waals surface area contributed by atoms with E-state index in [1.165, 1.54) is 4.90 Å². The van der Waals surface area contributed by atoms with Crippen molar-refractivity contribution in [2.45, 2.75) is 32.2 Å². The second-order valence-corrected chi connectivity index (χ2v) is 6.76. The fourth-order valence-corrected chi connectivity index (χ4v) is 3.44. The van der Waals surface area contributed by atoms with E-state index in [1.807, 2.05) is 12.3 Å². The van der Waals surface area contributed by atoms with E-state index in [2.05, 4.69) is 9.97 Å². The van der Waals surface area contributed by atoms with Crippen molar-refractivity contribution in [3.63, 3.8) is 0 Å². The first-order valence-corrected chi connectivity index (χ1v) is 7.96. The summed E-state index contributed by atoms with van der Waals surface area (Å²) in [5.74, 6) is -1.24. The Labute approximate surface area is 131 Å². The molecule has 1 amide bonds. The lowest BCUT2D eigenvalue weighted by Gasteiger charge is -2.30. The molecule has 1 saturated heterocycles. The summed E-state index contributed by atoms with van der Waals surface area (Å²) in [6.07, 6.45) is 2.91. The van der Waals surface area contributed by atoms with Crippen molar-refractivity contribution in [3.05, 3.63) is 28.3 Å². The fraction of sp³-hybridized carbons (Fsp3) is 0.400. The van der Waals surface area contributed by atoms with Crippen molar-refractivity contribution in [2.75, 3.05) is 6.54 Å². The van der Waals surface area contributed by atoms with Crippen LogP contribution in [-0.2, 0) is 4.79 Å². The molecule has 2 aromatic rings. The number of likely N-dealkylation sites (tertiary alicyclic amines) is 1. The molecule has 1 unspecified atom stereocenters. The molecule has 1 aliphatic rings. The van der Waals surface area contributed by atoms with Crippen molar-refractivity contribution < 1.29 is 14.7 Å². The van der Waals surface area contributed by atoms with E-state index in [4.69, 9.17) is 0 Å². The summed E-state index contributed by atoms with van der Waals surface area (Å²) < 4.78 is 0. The molecule has 1 fully saturated rings. The van der Waals surface area contributed by atoms with Crippen molar-refractivity contribution in [1.82, 2.24) is 14.9 Å². The summed E-state index contributed by atoms with van der Waals surface area (Å²) in [5.41, 5.74) is 0.929. The number of thiazole rings is 1. The van der Waals surface area contributed by atoms with Gasteiger partial charge in [0, 0.05) is 23.7 Å². The molecule has 0 spiro atoms. The largest absolute Gasteiger partial charge is 0.480 e. The number of aromatic nitrogens is 2. The molecule has 0 aromatic carbocycles. The van der Waals surface area contributed by atoms with Crippen molar-refractivity contribution in [1.29, 1.82) is 0 Å². The number of carbonyl (C=O) groups excluding carboxylic acids is 1. The number of amides is 1. The van der Waals surface area contributed by atoms with Crippen LogP contribution in [0.2, 0.25) is 0 Å². The Bertz CT molecular complexity index is 736. The van der Waals surface area contributed by atoms with E-state index in [-0.39, 0.29) is 5.91 Å². The van der Waals surface area contributed by atoms with Crippen molar-refractivity contribution in [3.8, 4) is 11.3 Å². The van der Waals surface area contributed by atoms with Crippen LogP contribution in [0.1, 0.15) is 35.3 Å². The van der Waals surface area contributed by atoms with E-state index < -0.39 is 11.5 Å². The quantitative estimate of drug-likeness (QED) is 0.910. The highest BCUT2D eigenvalue weighted by atomic mass is 32.1.